The molecular formula is C27H18N4SSe. The van der Waals surface area contributed by atoms with Gasteiger partial charge in [-0.15, -0.1) is 0 Å². The molecule has 0 amide bonds. The van der Waals surface area contributed by atoms with Gasteiger partial charge in [0.15, 0.2) is 0 Å². The van der Waals surface area contributed by atoms with E-state index < -0.39 is 0 Å². The molecule has 0 atom stereocenters. The number of allylic oxidation sites excluding steroid dienone is 1. The third-order valence-electron chi connectivity index (χ3n) is 5.73. The van der Waals surface area contributed by atoms with Crippen molar-refractivity contribution in [2.45, 2.75) is 0 Å². The van der Waals surface area contributed by atoms with Crippen molar-refractivity contribution in [2.24, 2.45) is 0 Å². The van der Waals surface area contributed by atoms with Crippen LogP contribution in [0, 0.1) is 11.3 Å². The number of nitrogens with zero attached hydrogens (tertiary/aromatic N) is 4. The minimum atomic E-state index is 0.0644. The Morgan fingerprint density at radius 1 is 0.879 bits per heavy atom. The van der Waals surface area contributed by atoms with E-state index in [9.17, 15) is 5.26 Å². The van der Waals surface area contributed by atoms with Crippen LogP contribution in [0.5, 0.6) is 0 Å². The average Bonchev–Trinajstić information content (AvgIpc) is 3.50. The molecule has 0 fully saturated rings. The minimum absolute atomic E-state index is 0.0644. The topological polar surface area (TPSA) is 43.2 Å². The molecule has 5 aromatic rings. The molecule has 0 saturated heterocycles. The van der Waals surface area contributed by atoms with Gasteiger partial charge in [-0.1, -0.05) is 0 Å². The standard InChI is InChI=1S/C27H18N4SSe/c1-30-21-9-3-5-11-23(21)31(24-12-6-4-10-22(24)30)26-15-14-19(33-26)16-18(17-28)27-29-20-8-2-7-13-25(20)32-27/h2-16H,1H3/b18-16+. The summed E-state index contributed by atoms with van der Waals surface area (Å²) in [7, 11) is 2.12. The van der Waals surface area contributed by atoms with Crippen LogP contribution in [0.25, 0.3) is 21.9 Å². The van der Waals surface area contributed by atoms with Crippen LogP contribution in [0.4, 0.5) is 27.3 Å². The molecule has 3 aromatic carbocycles. The Morgan fingerprint density at radius 2 is 1.52 bits per heavy atom. The van der Waals surface area contributed by atoms with E-state index in [0.29, 0.717) is 5.57 Å². The van der Waals surface area contributed by atoms with E-state index in [1.807, 2.05) is 30.3 Å². The second-order valence-corrected chi connectivity index (χ2v) is 11.0. The molecule has 6 heteroatoms. The summed E-state index contributed by atoms with van der Waals surface area (Å²) in [6.45, 7) is 0. The summed E-state index contributed by atoms with van der Waals surface area (Å²) in [6, 6.07) is 31.7. The van der Waals surface area contributed by atoms with Crippen LogP contribution >= 0.6 is 11.3 Å². The molecule has 0 N–H and O–H groups in total. The van der Waals surface area contributed by atoms with E-state index in [4.69, 9.17) is 0 Å². The first-order valence-electron chi connectivity index (χ1n) is 10.5. The zero-order valence-electron chi connectivity index (χ0n) is 17.8. The molecule has 2 aromatic heterocycles. The van der Waals surface area contributed by atoms with Gasteiger partial charge in [0, 0.05) is 0 Å². The molecule has 6 rings (SSSR count). The van der Waals surface area contributed by atoms with Gasteiger partial charge in [0.1, 0.15) is 0 Å². The van der Waals surface area contributed by atoms with Gasteiger partial charge >= 0.3 is 203 Å². The third-order valence-corrected chi connectivity index (χ3v) is 8.94. The molecule has 0 aliphatic carbocycles. The van der Waals surface area contributed by atoms with Gasteiger partial charge in [-0.3, -0.25) is 0 Å². The number of hydrogen-bond acceptors (Lipinski definition) is 5. The fourth-order valence-corrected chi connectivity index (χ4v) is 7.17. The Hall–Kier alpha value is -3.62. The monoisotopic (exact) mass is 510 g/mol. The first kappa shape index (κ1) is 20.0. The fourth-order valence-electron chi connectivity index (χ4n) is 4.18. The van der Waals surface area contributed by atoms with Crippen LogP contribution in [0.3, 0.4) is 0 Å². The van der Waals surface area contributed by atoms with Crippen LogP contribution in [-0.4, -0.2) is 26.5 Å². The maximum atomic E-state index is 9.86. The number of rotatable bonds is 3. The van der Waals surface area contributed by atoms with Crippen LogP contribution in [0.2, 0.25) is 0 Å². The Bertz CT molecular complexity index is 1490. The van der Waals surface area contributed by atoms with Gasteiger partial charge in [0.25, 0.3) is 0 Å². The molecule has 0 spiro atoms. The van der Waals surface area contributed by atoms with Crippen LogP contribution in [0.15, 0.2) is 84.9 Å². The van der Waals surface area contributed by atoms with E-state index in [1.54, 1.807) is 11.3 Å². The van der Waals surface area contributed by atoms with Crippen molar-refractivity contribution in [3.63, 3.8) is 0 Å². The molecule has 158 valence electrons. The molecule has 0 unspecified atom stereocenters. The quantitative estimate of drug-likeness (QED) is 0.195. The van der Waals surface area contributed by atoms with Crippen LogP contribution in [0.1, 0.15) is 9.44 Å². The maximum absolute atomic E-state index is 9.86. The zero-order valence-corrected chi connectivity index (χ0v) is 20.3. The number of hydrogen-bond donors (Lipinski definition) is 0. The molecule has 33 heavy (non-hydrogen) atoms. The summed E-state index contributed by atoms with van der Waals surface area (Å²) >= 11 is 1.63. The molecule has 3 heterocycles. The molecular weight excluding hydrogens is 491 g/mol. The second-order valence-electron chi connectivity index (χ2n) is 7.70. The molecule has 0 radical (unpaired) electrons. The summed E-state index contributed by atoms with van der Waals surface area (Å²) in [5, 5.41) is 10.6. The zero-order chi connectivity index (χ0) is 22.4. The molecule has 1 aliphatic rings. The summed E-state index contributed by atoms with van der Waals surface area (Å²) in [6.07, 6.45) is 2.01. The van der Waals surface area contributed by atoms with Crippen molar-refractivity contribution >= 4 is 75.0 Å². The second kappa shape index (κ2) is 8.06. The number of para-hydroxylation sites is 5. The SMILES string of the molecule is CN1c2ccccc2N(c2ccc(/C=C(\C#N)c3nc4ccccc4s3)[se]2)c2ccccc21. The van der Waals surface area contributed by atoms with E-state index in [0.717, 1.165) is 15.2 Å². The number of anilines is 5. The van der Waals surface area contributed by atoms with Crippen molar-refractivity contribution in [1.29, 1.82) is 5.26 Å². The third kappa shape index (κ3) is 3.39. The number of aromatic nitrogens is 1. The van der Waals surface area contributed by atoms with E-state index in [2.05, 4.69) is 88.6 Å². The molecule has 1 aliphatic heterocycles. The molecule has 4 nitrogen and oxygen atoms in total. The van der Waals surface area contributed by atoms with Gasteiger partial charge in [-0.25, -0.2) is 0 Å². The first-order valence-corrected chi connectivity index (χ1v) is 13.1. The number of thiazole rings is 1. The first-order chi connectivity index (χ1) is 16.2. The number of nitriles is 1. The normalized spacial score (nSPS) is 13.0. The van der Waals surface area contributed by atoms with Crippen LogP contribution in [-0.2, 0) is 0 Å². The Morgan fingerprint density at radius 3 is 2.18 bits per heavy atom. The van der Waals surface area contributed by atoms with Crippen molar-refractivity contribution in [2.75, 3.05) is 16.8 Å². The van der Waals surface area contributed by atoms with Crippen molar-refractivity contribution in [3.05, 3.63) is 94.4 Å². The summed E-state index contributed by atoms with van der Waals surface area (Å²) < 4.78 is 3.52. The Balaban J connectivity index is 1.43. The molecule has 0 saturated carbocycles. The van der Waals surface area contributed by atoms with E-state index in [-0.39, 0.29) is 14.5 Å². The predicted octanol–water partition coefficient (Wildman–Crippen LogP) is 6.97. The summed E-state index contributed by atoms with van der Waals surface area (Å²) in [5.74, 6) is 0. The predicted molar refractivity (Wildman–Crippen MR) is 139 cm³/mol. The van der Waals surface area contributed by atoms with Crippen molar-refractivity contribution in [3.8, 4) is 6.07 Å². The van der Waals surface area contributed by atoms with E-state index in [1.165, 1.54) is 31.7 Å². The van der Waals surface area contributed by atoms with Crippen LogP contribution < -0.4 is 9.80 Å². The van der Waals surface area contributed by atoms with Crippen molar-refractivity contribution < 1.29 is 0 Å². The van der Waals surface area contributed by atoms with Gasteiger partial charge in [0.05, 0.1) is 0 Å². The van der Waals surface area contributed by atoms with Gasteiger partial charge < -0.3 is 0 Å². The summed E-state index contributed by atoms with van der Waals surface area (Å²) in [5.41, 5.74) is 6.29. The van der Waals surface area contributed by atoms with Gasteiger partial charge in [-0.05, 0) is 0 Å². The fraction of sp³-hybridized carbons (Fsp3) is 0.0370. The van der Waals surface area contributed by atoms with E-state index >= 15 is 0 Å². The number of benzene rings is 3. The van der Waals surface area contributed by atoms with Gasteiger partial charge in [0.2, 0.25) is 0 Å². The molecule has 0 bridgehead atoms. The van der Waals surface area contributed by atoms with Crippen molar-refractivity contribution in [1.82, 2.24) is 4.98 Å². The Labute approximate surface area is 202 Å². The number of fused-ring (bicyclic) bond motifs is 3. The Kier molecular flexibility index (Phi) is 4.89. The average molecular weight is 509 g/mol. The van der Waals surface area contributed by atoms with Gasteiger partial charge in [-0.2, -0.15) is 0 Å². The summed E-state index contributed by atoms with van der Waals surface area (Å²) in [4.78, 5) is 9.29.